The highest BCUT2D eigenvalue weighted by atomic mass is 16.5. The molecule has 3 rings (SSSR count). The van der Waals surface area contributed by atoms with Gasteiger partial charge in [-0.1, -0.05) is 30.3 Å². The second kappa shape index (κ2) is 7.44. The van der Waals surface area contributed by atoms with Crippen molar-refractivity contribution in [2.45, 2.75) is 0 Å². The zero-order valence-corrected chi connectivity index (χ0v) is 13.9. The van der Waals surface area contributed by atoms with Crippen LogP contribution in [0.1, 0.15) is 10.4 Å². The van der Waals surface area contributed by atoms with Crippen molar-refractivity contribution < 1.29 is 14.3 Å². The molecule has 2 aromatic carbocycles. The Labute approximate surface area is 145 Å². The van der Waals surface area contributed by atoms with E-state index in [9.17, 15) is 4.79 Å². The predicted molar refractivity (Wildman–Crippen MR) is 95.0 cm³/mol. The molecule has 0 aliphatic rings. The van der Waals surface area contributed by atoms with Gasteiger partial charge in [-0.15, -0.1) is 0 Å². The van der Waals surface area contributed by atoms with E-state index in [1.165, 1.54) is 7.11 Å². The summed E-state index contributed by atoms with van der Waals surface area (Å²) in [4.78, 5) is 21.0. The summed E-state index contributed by atoms with van der Waals surface area (Å²) < 4.78 is 10.4. The third-order valence-electron chi connectivity index (χ3n) is 3.60. The highest BCUT2D eigenvalue weighted by Crippen LogP contribution is 2.25. The van der Waals surface area contributed by atoms with Crippen molar-refractivity contribution in [3.63, 3.8) is 0 Å². The average molecular weight is 335 g/mol. The largest absolute Gasteiger partial charge is 0.497 e. The van der Waals surface area contributed by atoms with Gasteiger partial charge in [0, 0.05) is 11.6 Å². The molecule has 0 saturated heterocycles. The summed E-state index contributed by atoms with van der Waals surface area (Å²) in [7, 11) is 3.06. The van der Waals surface area contributed by atoms with Crippen LogP contribution in [0.5, 0.6) is 11.5 Å². The number of carbonyl (C=O) groups excluding carboxylic acids is 1. The lowest BCUT2D eigenvalue weighted by atomic mass is 10.1. The fourth-order valence-corrected chi connectivity index (χ4v) is 2.31. The third-order valence-corrected chi connectivity index (χ3v) is 3.60. The van der Waals surface area contributed by atoms with Gasteiger partial charge in [-0.25, -0.2) is 9.97 Å². The number of hydrogen-bond acceptors (Lipinski definition) is 5. The molecule has 126 valence electrons. The Hall–Kier alpha value is -3.41. The molecule has 0 radical (unpaired) electrons. The number of benzene rings is 2. The predicted octanol–water partition coefficient (Wildman–Crippen LogP) is 3.41. The van der Waals surface area contributed by atoms with E-state index in [4.69, 9.17) is 9.47 Å². The summed E-state index contributed by atoms with van der Waals surface area (Å²) in [5.74, 6) is 1.33. The van der Waals surface area contributed by atoms with Crippen molar-refractivity contribution in [1.29, 1.82) is 0 Å². The lowest BCUT2D eigenvalue weighted by Crippen LogP contribution is -2.13. The van der Waals surface area contributed by atoms with Gasteiger partial charge in [0.25, 0.3) is 5.91 Å². The van der Waals surface area contributed by atoms with E-state index in [2.05, 4.69) is 15.3 Å². The first-order valence-corrected chi connectivity index (χ1v) is 7.62. The molecule has 0 fully saturated rings. The van der Waals surface area contributed by atoms with Gasteiger partial charge in [0.2, 0.25) is 0 Å². The maximum absolute atomic E-state index is 12.5. The summed E-state index contributed by atoms with van der Waals surface area (Å²) in [5.41, 5.74) is 1.81. The maximum Gasteiger partial charge on any atom is 0.259 e. The molecule has 6 nitrogen and oxygen atoms in total. The summed E-state index contributed by atoms with van der Waals surface area (Å²) in [6, 6.07) is 14.6. The molecule has 1 heterocycles. The van der Waals surface area contributed by atoms with Gasteiger partial charge >= 0.3 is 0 Å². The molecule has 0 unspecified atom stereocenters. The molecule has 1 aromatic heterocycles. The number of aromatic nitrogens is 2. The second-order valence-corrected chi connectivity index (χ2v) is 5.18. The Morgan fingerprint density at radius 3 is 2.32 bits per heavy atom. The number of rotatable bonds is 5. The van der Waals surface area contributed by atoms with E-state index in [0.29, 0.717) is 28.6 Å². The molecular formula is C19H17N3O3. The van der Waals surface area contributed by atoms with Crippen molar-refractivity contribution in [2.75, 3.05) is 19.5 Å². The van der Waals surface area contributed by atoms with Crippen LogP contribution in [-0.4, -0.2) is 30.1 Å². The SMILES string of the molecule is COc1ccc(C(=O)Nc2cnc(-c3ccccc3)nc2)c(OC)c1. The van der Waals surface area contributed by atoms with Crippen molar-refractivity contribution in [3.8, 4) is 22.9 Å². The van der Waals surface area contributed by atoms with E-state index < -0.39 is 0 Å². The topological polar surface area (TPSA) is 73.3 Å². The third kappa shape index (κ3) is 3.74. The van der Waals surface area contributed by atoms with E-state index in [1.54, 1.807) is 37.7 Å². The van der Waals surface area contributed by atoms with Crippen molar-refractivity contribution in [2.24, 2.45) is 0 Å². The van der Waals surface area contributed by atoms with Gasteiger partial charge in [0.05, 0.1) is 37.9 Å². The zero-order valence-electron chi connectivity index (χ0n) is 13.9. The van der Waals surface area contributed by atoms with Crippen LogP contribution in [0.3, 0.4) is 0 Å². The molecule has 1 amide bonds. The quantitative estimate of drug-likeness (QED) is 0.773. The molecule has 25 heavy (non-hydrogen) atoms. The van der Waals surface area contributed by atoms with Crippen LogP contribution in [0.15, 0.2) is 60.9 Å². The Kier molecular flexibility index (Phi) is 4.89. The Morgan fingerprint density at radius 2 is 1.68 bits per heavy atom. The minimum atomic E-state index is -0.310. The smallest absolute Gasteiger partial charge is 0.259 e. The average Bonchev–Trinajstić information content (AvgIpc) is 2.68. The molecule has 6 heteroatoms. The van der Waals surface area contributed by atoms with Crippen LogP contribution in [0, 0.1) is 0 Å². The minimum Gasteiger partial charge on any atom is -0.497 e. The lowest BCUT2D eigenvalue weighted by molar-refractivity contribution is 0.102. The van der Waals surface area contributed by atoms with Crippen LogP contribution in [0.4, 0.5) is 5.69 Å². The molecule has 1 N–H and O–H groups in total. The molecule has 0 bridgehead atoms. The number of anilines is 1. The van der Waals surface area contributed by atoms with E-state index >= 15 is 0 Å². The number of amides is 1. The van der Waals surface area contributed by atoms with Crippen LogP contribution < -0.4 is 14.8 Å². The van der Waals surface area contributed by atoms with Crippen LogP contribution in [0.2, 0.25) is 0 Å². The van der Waals surface area contributed by atoms with Gasteiger partial charge in [-0.3, -0.25) is 4.79 Å². The fraction of sp³-hybridized carbons (Fsp3) is 0.105. The number of nitrogens with zero attached hydrogens (tertiary/aromatic N) is 2. The highest BCUT2D eigenvalue weighted by Gasteiger charge is 2.14. The first-order chi connectivity index (χ1) is 12.2. The molecule has 3 aromatic rings. The van der Waals surface area contributed by atoms with Crippen LogP contribution in [0.25, 0.3) is 11.4 Å². The number of nitrogens with one attached hydrogen (secondary N) is 1. The minimum absolute atomic E-state index is 0.310. The van der Waals surface area contributed by atoms with Crippen molar-refractivity contribution in [1.82, 2.24) is 9.97 Å². The Balaban J connectivity index is 1.77. The molecule has 0 aliphatic carbocycles. The normalized spacial score (nSPS) is 10.2. The number of methoxy groups -OCH3 is 2. The second-order valence-electron chi connectivity index (χ2n) is 5.18. The summed E-state index contributed by atoms with van der Waals surface area (Å²) in [5, 5.41) is 2.76. The fourth-order valence-electron chi connectivity index (χ4n) is 2.31. The lowest BCUT2D eigenvalue weighted by Gasteiger charge is -2.10. The van der Waals surface area contributed by atoms with E-state index in [-0.39, 0.29) is 5.91 Å². The molecule has 0 spiro atoms. The van der Waals surface area contributed by atoms with Gasteiger partial charge < -0.3 is 14.8 Å². The monoisotopic (exact) mass is 335 g/mol. The Bertz CT molecular complexity index is 865. The summed E-state index contributed by atoms with van der Waals surface area (Å²) in [6.07, 6.45) is 3.15. The first-order valence-electron chi connectivity index (χ1n) is 7.62. The molecule has 0 aliphatic heterocycles. The molecule has 0 saturated carbocycles. The van der Waals surface area contributed by atoms with Crippen LogP contribution >= 0.6 is 0 Å². The van der Waals surface area contributed by atoms with Crippen molar-refractivity contribution >= 4 is 11.6 Å². The van der Waals surface area contributed by atoms with Crippen LogP contribution in [-0.2, 0) is 0 Å². The zero-order chi connectivity index (χ0) is 17.6. The number of ether oxygens (including phenoxy) is 2. The number of carbonyl (C=O) groups is 1. The van der Waals surface area contributed by atoms with Gasteiger partial charge in [-0.2, -0.15) is 0 Å². The summed E-state index contributed by atoms with van der Waals surface area (Å²) >= 11 is 0. The molecular weight excluding hydrogens is 318 g/mol. The summed E-state index contributed by atoms with van der Waals surface area (Å²) in [6.45, 7) is 0. The van der Waals surface area contributed by atoms with Crippen molar-refractivity contribution in [3.05, 3.63) is 66.5 Å². The highest BCUT2D eigenvalue weighted by molar-refractivity contribution is 6.06. The van der Waals surface area contributed by atoms with Gasteiger partial charge in [0.15, 0.2) is 5.82 Å². The Morgan fingerprint density at radius 1 is 0.960 bits per heavy atom. The first kappa shape index (κ1) is 16.4. The standard InChI is InChI=1S/C19H17N3O3/c1-24-15-8-9-16(17(10-15)25-2)19(23)22-14-11-20-18(21-12-14)13-6-4-3-5-7-13/h3-12H,1-2H3,(H,22,23). The molecule has 0 atom stereocenters. The number of hydrogen-bond donors (Lipinski definition) is 1. The van der Waals surface area contributed by atoms with Gasteiger partial charge in [0.1, 0.15) is 11.5 Å². The maximum atomic E-state index is 12.5. The van der Waals surface area contributed by atoms with E-state index in [0.717, 1.165) is 5.56 Å². The van der Waals surface area contributed by atoms with E-state index in [1.807, 2.05) is 30.3 Å². The van der Waals surface area contributed by atoms with Gasteiger partial charge in [-0.05, 0) is 12.1 Å².